The smallest absolute Gasteiger partial charge is 0.192 e. The fraction of sp³-hybridized carbons (Fsp3) is 0.667. The van der Waals surface area contributed by atoms with Gasteiger partial charge in [0.25, 0.3) is 0 Å². The van der Waals surface area contributed by atoms with Gasteiger partial charge in [-0.25, -0.2) is 0 Å². The molecule has 1 aromatic rings. The van der Waals surface area contributed by atoms with Gasteiger partial charge >= 0.3 is 0 Å². The van der Waals surface area contributed by atoms with Gasteiger partial charge in [0, 0.05) is 24.7 Å². The molecular weight excluding hydrogens is 324 g/mol. The van der Waals surface area contributed by atoms with Crippen LogP contribution in [0.1, 0.15) is 52.5 Å². The molecule has 0 spiro atoms. The van der Waals surface area contributed by atoms with E-state index in [0.29, 0.717) is 12.5 Å². The zero-order chi connectivity index (χ0) is 18.7. The molecular formula is C21H34N2OSi. The summed E-state index contributed by atoms with van der Waals surface area (Å²) in [7, 11) is -1.77. The summed E-state index contributed by atoms with van der Waals surface area (Å²) in [5, 5.41) is 9.55. The number of nitrogens with zero attached hydrogens (tertiary/aromatic N) is 2. The maximum atomic E-state index is 9.33. The third-order valence-electron chi connectivity index (χ3n) is 5.98. The molecule has 0 amide bonds. The molecule has 3 atom stereocenters. The minimum absolute atomic E-state index is 0.224. The minimum atomic E-state index is -1.77. The zero-order valence-corrected chi connectivity index (χ0v) is 17.7. The van der Waals surface area contributed by atoms with Crippen molar-refractivity contribution in [2.24, 2.45) is 0 Å². The standard InChI is InChI=1S/C21H34N2OSi/c1-17-14-20(24-25(5,6)21(2,3)4)15-19(12-13-22)23(17)16-18-10-8-7-9-11-18/h7-11,17,19-20H,12,14-16H2,1-6H3. The number of nitriles is 1. The van der Waals surface area contributed by atoms with E-state index in [1.54, 1.807) is 0 Å². The Morgan fingerprint density at radius 2 is 1.84 bits per heavy atom. The van der Waals surface area contributed by atoms with Crippen molar-refractivity contribution < 1.29 is 4.43 Å². The Morgan fingerprint density at radius 1 is 1.20 bits per heavy atom. The lowest BCUT2D eigenvalue weighted by molar-refractivity contribution is 0.00918. The second-order valence-corrected chi connectivity index (χ2v) is 13.8. The predicted octanol–water partition coefficient (Wildman–Crippen LogP) is 5.34. The van der Waals surface area contributed by atoms with Crippen molar-refractivity contribution in [1.82, 2.24) is 4.90 Å². The number of likely N-dealkylation sites (tertiary alicyclic amines) is 1. The van der Waals surface area contributed by atoms with Crippen molar-refractivity contribution in [3.63, 3.8) is 0 Å². The van der Waals surface area contributed by atoms with Crippen LogP contribution in [0.4, 0.5) is 0 Å². The van der Waals surface area contributed by atoms with Crippen LogP contribution >= 0.6 is 0 Å². The van der Waals surface area contributed by atoms with Gasteiger partial charge in [-0.3, -0.25) is 4.90 Å². The van der Waals surface area contributed by atoms with Gasteiger partial charge in [0.05, 0.1) is 12.5 Å². The second-order valence-electron chi connectivity index (χ2n) is 8.99. The highest BCUT2D eigenvalue weighted by Gasteiger charge is 2.42. The molecule has 1 aliphatic rings. The van der Waals surface area contributed by atoms with Crippen molar-refractivity contribution in [2.75, 3.05) is 0 Å². The van der Waals surface area contributed by atoms with Crippen molar-refractivity contribution in [3.8, 4) is 6.07 Å². The Labute approximate surface area is 155 Å². The van der Waals surface area contributed by atoms with Crippen LogP contribution in [0.5, 0.6) is 0 Å². The van der Waals surface area contributed by atoms with Gasteiger partial charge in [0.2, 0.25) is 0 Å². The Bertz CT molecular complexity index is 588. The van der Waals surface area contributed by atoms with Gasteiger partial charge in [0.1, 0.15) is 0 Å². The summed E-state index contributed by atoms with van der Waals surface area (Å²) in [6.07, 6.45) is 2.88. The number of piperidine rings is 1. The number of hydrogen-bond acceptors (Lipinski definition) is 3. The average molecular weight is 359 g/mol. The highest BCUT2D eigenvalue weighted by Crippen LogP contribution is 2.40. The minimum Gasteiger partial charge on any atom is -0.414 e. The predicted molar refractivity (Wildman–Crippen MR) is 107 cm³/mol. The van der Waals surface area contributed by atoms with Crippen LogP contribution < -0.4 is 0 Å². The van der Waals surface area contributed by atoms with Crippen LogP contribution in [0.25, 0.3) is 0 Å². The quantitative estimate of drug-likeness (QED) is 0.666. The molecule has 0 bridgehead atoms. The van der Waals surface area contributed by atoms with Crippen molar-refractivity contribution in [3.05, 3.63) is 35.9 Å². The third-order valence-corrected chi connectivity index (χ3v) is 10.5. The normalized spacial score (nSPS) is 25.6. The Hall–Kier alpha value is -1.15. The lowest BCUT2D eigenvalue weighted by Crippen LogP contribution is -2.53. The molecule has 1 aliphatic heterocycles. The molecule has 3 unspecified atom stereocenters. The van der Waals surface area contributed by atoms with E-state index in [1.807, 2.05) is 0 Å². The molecule has 1 fully saturated rings. The fourth-order valence-corrected chi connectivity index (χ4v) is 4.86. The first-order valence-corrected chi connectivity index (χ1v) is 12.4. The monoisotopic (exact) mass is 358 g/mol. The summed E-state index contributed by atoms with van der Waals surface area (Å²) < 4.78 is 6.69. The Balaban J connectivity index is 2.10. The van der Waals surface area contributed by atoms with E-state index in [0.717, 1.165) is 19.4 Å². The van der Waals surface area contributed by atoms with Gasteiger partial charge in [-0.05, 0) is 43.5 Å². The van der Waals surface area contributed by atoms with E-state index < -0.39 is 8.32 Å². The zero-order valence-electron chi connectivity index (χ0n) is 16.7. The van der Waals surface area contributed by atoms with Crippen molar-refractivity contribution >= 4 is 8.32 Å². The van der Waals surface area contributed by atoms with E-state index in [1.165, 1.54) is 5.56 Å². The molecule has 1 saturated heterocycles. The van der Waals surface area contributed by atoms with Crippen LogP contribution in [-0.4, -0.2) is 31.4 Å². The highest BCUT2D eigenvalue weighted by molar-refractivity contribution is 6.74. The Morgan fingerprint density at radius 3 is 2.40 bits per heavy atom. The number of hydrogen-bond donors (Lipinski definition) is 0. The molecule has 0 saturated carbocycles. The summed E-state index contributed by atoms with van der Waals surface area (Å²) in [6.45, 7) is 14.7. The molecule has 1 aromatic carbocycles. The second kappa shape index (κ2) is 8.03. The summed E-state index contributed by atoms with van der Waals surface area (Å²) in [5.74, 6) is 0. The van der Waals surface area contributed by atoms with Crippen LogP contribution in [0.15, 0.2) is 30.3 Å². The number of benzene rings is 1. The van der Waals surface area contributed by atoms with Gasteiger partial charge in [0.15, 0.2) is 8.32 Å². The lowest BCUT2D eigenvalue weighted by Gasteiger charge is -2.47. The van der Waals surface area contributed by atoms with Crippen LogP contribution in [0, 0.1) is 11.3 Å². The van der Waals surface area contributed by atoms with E-state index >= 15 is 0 Å². The molecule has 4 heteroatoms. The summed E-state index contributed by atoms with van der Waals surface area (Å²) in [4.78, 5) is 2.50. The molecule has 0 aromatic heterocycles. The first-order chi connectivity index (χ1) is 11.6. The molecule has 0 radical (unpaired) electrons. The van der Waals surface area contributed by atoms with Gasteiger partial charge in [-0.15, -0.1) is 0 Å². The lowest BCUT2D eigenvalue weighted by atomic mass is 9.91. The topological polar surface area (TPSA) is 36.3 Å². The summed E-state index contributed by atoms with van der Waals surface area (Å²) >= 11 is 0. The Kier molecular flexibility index (Phi) is 6.48. The first kappa shape index (κ1) is 20.2. The maximum Gasteiger partial charge on any atom is 0.192 e. The fourth-order valence-electron chi connectivity index (χ4n) is 3.49. The van der Waals surface area contributed by atoms with Gasteiger partial charge in [-0.2, -0.15) is 5.26 Å². The van der Waals surface area contributed by atoms with E-state index in [-0.39, 0.29) is 17.2 Å². The molecule has 3 nitrogen and oxygen atoms in total. The molecule has 138 valence electrons. The van der Waals surface area contributed by atoms with Gasteiger partial charge < -0.3 is 4.43 Å². The van der Waals surface area contributed by atoms with Crippen molar-refractivity contribution in [2.45, 2.75) is 89.8 Å². The van der Waals surface area contributed by atoms with Crippen molar-refractivity contribution in [1.29, 1.82) is 5.26 Å². The summed E-state index contributed by atoms with van der Waals surface area (Å²) in [5.41, 5.74) is 1.32. The molecule has 1 heterocycles. The van der Waals surface area contributed by atoms with E-state index in [9.17, 15) is 5.26 Å². The van der Waals surface area contributed by atoms with E-state index in [2.05, 4.69) is 82.1 Å². The van der Waals surface area contributed by atoms with E-state index in [4.69, 9.17) is 4.43 Å². The summed E-state index contributed by atoms with van der Waals surface area (Å²) in [6, 6.07) is 13.7. The highest BCUT2D eigenvalue weighted by atomic mass is 28.4. The SMILES string of the molecule is CC1CC(O[Si](C)(C)C(C)(C)C)CC(CC#N)N1Cc1ccccc1. The maximum absolute atomic E-state index is 9.33. The van der Waals surface area contributed by atoms with Crippen LogP contribution in [0.2, 0.25) is 18.1 Å². The first-order valence-electron chi connectivity index (χ1n) is 9.48. The average Bonchev–Trinajstić information content (AvgIpc) is 2.50. The largest absolute Gasteiger partial charge is 0.414 e. The van der Waals surface area contributed by atoms with Gasteiger partial charge in [-0.1, -0.05) is 51.1 Å². The number of rotatable bonds is 5. The molecule has 2 rings (SSSR count). The molecule has 0 N–H and O–H groups in total. The van der Waals surface area contributed by atoms with Crippen LogP contribution in [0.3, 0.4) is 0 Å². The molecule has 0 aliphatic carbocycles. The molecule has 25 heavy (non-hydrogen) atoms. The van der Waals surface area contributed by atoms with Crippen LogP contribution in [-0.2, 0) is 11.0 Å². The third kappa shape index (κ3) is 5.16.